The average Bonchev–Trinajstić information content (AvgIpc) is 3.21. The van der Waals surface area contributed by atoms with Crippen molar-refractivity contribution in [2.75, 3.05) is 53.5 Å². The van der Waals surface area contributed by atoms with Crippen molar-refractivity contribution in [1.29, 1.82) is 0 Å². The first-order chi connectivity index (χ1) is 27.5. The second kappa shape index (κ2) is 84.8. The third kappa shape index (κ3) is 108. The summed E-state index contributed by atoms with van der Waals surface area (Å²) in [5, 5.41) is 24.7. The fourth-order valence-corrected chi connectivity index (χ4v) is 3.70. The van der Waals surface area contributed by atoms with Crippen molar-refractivity contribution in [2.45, 2.75) is 260 Å². The number of ether oxygens (including phenoxy) is 1. The summed E-state index contributed by atoms with van der Waals surface area (Å²) in [6, 6.07) is 0. The summed E-state index contributed by atoms with van der Waals surface area (Å²) < 4.78 is 4.83. The highest BCUT2D eigenvalue weighted by Gasteiger charge is 2.21. The van der Waals surface area contributed by atoms with Crippen molar-refractivity contribution in [2.24, 2.45) is 5.92 Å². The number of nitrogens with zero attached hydrogens (tertiary/aromatic N) is 2. The molecular formula is C50H120N4O3S2. The molecular weight excluding hydrogens is 769 g/mol. The lowest BCUT2D eigenvalue weighted by molar-refractivity contribution is 0.162. The molecule has 1 atom stereocenters. The van der Waals surface area contributed by atoms with Crippen LogP contribution in [0.1, 0.15) is 248 Å². The molecule has 1 saturated heterocycles. The van der Waals surface area contributed by atoms with Crippen molar-refractivity contribution >= 4 is 34.7 Å². The molecule has 1 fully saturated rings. The van der Waals surface area contributed by atoms with E-state index < -0.39 is 0 Å². The van der Waals surface area contributed by atoms with Gasteiger partial charge in [0.25, 0.3) is 0 Å². The van der Waals surface area contributed by atoms with E-state index in [-0.39, 0.29) is 19.6 Å². The van der Waals surface area contributed by atoms with E-state index in [0.29, 0.717) is 5.11 Å². The van der Waals surface area contributed by atoms with Crippen molar-refractivity contribution in [3.8, 4) is 0 Å². The van der Waals surface area contributed by atoms with Gasteiger partial charge in [-0.15, -0.1) is 0 Å². The Morgan fingerprint density at radius 3 is 1.08 bits per heavy atom. The predicted molar refractivity (Wildman–Crippen MR) is 286 cm³/mol. The molecule has 0 saturated carbocycles. The molecule has 7 nitrogen and oxygen atoms in total. The molecule has 0 aromatic carbocycles. The minimum Gasteiger partial charge on any atom is -0.393 e. The molecule has 9 heteroatoms. The molecule has 59 heavy (non-hydrogen) atoms. The van der Waals surface area contributed by atoms with Crippen molar-refractivity contribution in [1.82, 2.24) is 20.4 Å². The molecule has 0 radical (unpaired) electrons. The summed E-state index contributed by atoms with van der Waals surface area (Å²) in [5.74, 6) is 0.935. The number of nitrogens with one attached hydrogen (secondary N) is 2. The minimum atomic E-state index is -0.102. The fraction of sp³-hybridized carbons (Fsp3) is 0.960. The highest BCUT2D eigenvalue weighted by molar-refractivity contribution is 7.81. The van der Waals surface area contributed by atoms with Gasteiger partial charge in [0, 0.05) is 40.4 Å². The SMILES string of the molecule is C.CCC.CCC(C)CC.CCC(O)CC.CCCC.CCCC(C)O.CCCCC.CCCCCC.CCNCC.CCOCC.CNC(=S)N(C)C(=S)N1CCC1. The first-order valence-electron chi connectivity index (χ1n) is 24.4. The molecule has 0 amide bonds. The van der Waals surface area contributed by atoms with Gasteiger partial charge in [0.2, 0.25) is 0 Å². The Balaban J connectivity index is -0.0000000579. The molecule has 1 unspecified atom stereocenters. The first kappa shape index (κ1) is 82.2. The molecule has 0 aromatic rings. The second-order valence-electron chi connectivity index (χ2n) is 14.3. The molecule has 1 heterocycles. The van der Waals surface area contributed by atoms with Crippen molar-refractivity contribution in [3.05, 3.63) is 0 Å². The Morgan fingerprint density at radius 2 is 1.00 bits per heavy atom. The summed E-state index contributed by atoms with van der Waals surface area (Å²) >= 11 is 10.3. The van der Waals surface area contributed by atoms with Crippen LogP contribution in [0.2, 0.25) is 0 Å². The summed E-state index contributed by atoms with van der Waals surface area (Å²) in [6.45, 7) is 46.3. The predicted octanol–water partition coefficient (Wildman–Crippen LogP) is 15.5. The fourth-order valence-electron chi connectivity index (χ4n) is 3.28. The number of thiocarbonyl (C=S) groups is 2. The third-order valence-corrected chi connectivity index (χ3v) is 9.06. The molecule has 1 aliphatic heterocycles. The van der Waals surface area contributed by atoms with Gasteiger partial charge < -0.3 is 30.5 Å². The Kier molecular flexibility index (Phi) is 118. The minimum absolute atomic E-state index is 0. The van der Waals surface area contributed by atoms with E-state index in [1.807, 2.05) is 46.6 Å². The molecule has 1 aliphatic rings. The summed E-state index contributed by atoms with van der Waals surface area (Å²) in [7, 11) is 3.69. The molecule has 4 N–H and O–H groups in total. The molecule has 0 aromatic heterocycles. The van der Waals surface area contributed by atoms with Crippen molar-refractivity contribution < 1.29 is 14.9 Å². The topological polar surface area (TPSA) is 80.2 Å². The van der Waals surface area contributed by atoms with Gasteiger partial charge in [0.05, 0.1) is 12.2 Å². The van der Waals surface area contributed by atoms with Gasteiger partial charge >= 0.3 is 0 Å². The van der Waals surface area contributed by atoms with Crippen LogP contribution in [0.15, 0.2) is 0 Å². The average molecular weight is 890 g/mol. The number of likely N-dealkylation sites (tertiary alicyclic amines) is 1. The Bertz CT molecular complexity index is 599. The smallest absolute Gasteiger partial charge is 0.177 e. The number of rotatable bonds is 16. The lowest BCUT2D eigenvalue weighted by Crippen LogP contribution is -2.51. The molecule has 0 bridgehead atoms. The van der Waals surface area contributed by atoms with E-state index in [1.165, 1.54) is 83.5 Å². The summed E-state index contributed by atoms with van der Waals surface area (Å²) in [4.78, 5) is 3.96. The van der Waals surface area contributed by atoms with E-state index in [1.54, 1.807) is 7.05 Å². The zero-order chi connectivity index (χ0) is 47.4. The van der Waals surface area contributed by atoms with E-state index in [2.05, 4.69) is 112 Å². The molecule has 0 spiro atoms. The standard InChI is InChI=1S/C7H13N3S2.2C6H14.2C5H12O.C5H12.C4H11N.C4H10O.C4H10.C3H8.CH4/c1-8-6(11)9(2)7(12)10-4-3-5-10;1-4-6(3)5-2;1-3-5-6-4-2;1-3-4-5(2)6;1-3-5(6)4-2;3*1-3-5-4-2;1-3-4-2;1-3-2;/h3-5H2,1-2H3,(H,8,11);6H,4-5H2,1-3H3;3-6H2,1-2H3;2*5-6H,3-4H2,1-2H3;3-5H2,1-2H3;5H,3-4H2,1-2H3;3-4H2,1-2H3;3-4H2,1-2H3;3H2,1-2H3;1H4. The van der Waals surface area contributed by atoms with Crippen LogP contribution < -0.4 is 10.6 Å². The van der Waals surface area contributed by atoms with Crippen LogP contribution >= 0.6 is 24.4 Å². The zero-order valence-electron chi connectivity index (χ0n) is 44.0. The monoisotopic (exact) mass is 889 g/mol. The van der Waals surface area contributed by atoms with E-state index in [9.17, 15) is 0 Å². The number of unbranched alkanes of at least 4 members (excludes halogenated alkanes) is 6. The third-order valence-electron chi connectivity index (χ3n) is 8.05. The van der Waals surface area contributed by atoms with Crippen LogP contribution in [-0.4, -0.2) is 95.9 Å². The number of hydrogen-bond donors (Lipinski definition) is 4. The normalized spacial score (nSPS) is 10.4. The van der Waals surface area contributed by atoms with Gasteiger partial charge in [0.1, 0.15) is 0 Å². The summed E-state index contributed by atoms with van der Waals surface area (Å²) in [6.07, 6.45) is 21.0. The lowest BCUT2D eigenvalue weighted by atomic mass is 10.1. The quantitative estimate of drug-likeness (QED) is 0.0895. The van der Waals surface area contributed by atoms with Crippen LogP contribution in [0.5, 0.6) is 0 Å². The van der Waals surface area contributed by atoms with Gasteiger partial charge in [0.15, 0.2) is 10.2 Å². The van der Waals surface area contributed by atoms with Gasteiger partial charge in [-0.2, -0.15) is 0 Å². The van der Waals surface area contributed by atoms with Crippen LogP contribution in [0, 0.1) is 5.92 Å². The highest BCUT2D eigenvalue weighted by atomic mass is 32.1. The maximum absolute atomic E-state index is 8.67. The highest BCUT2D eigenvalue weighted by Crippen LogP contribution is 2.09. The number of aliphatic hydroxyl groups is 2. The maximum Gasteiger partial charge on any atom is 0.177 e. The summed E-state index contributed by atoms with van der Waals surface area (Å²) in [5.41, 5.74) is 0. The van der Waals surface area contributed by atoms with Crippen LogP contribution in [0.3, 0.4) is 0 Å². The maximum atomic E-state index is 8.67. The van der Waals surface area contributed by atoms with Gasteiger partial charge in [-0.25, -0.2) is 0 Å². The van der Waals surface area contributed by atoms with Crippen LogP contribution in [0.25, 0.3) is 0 Å². The number of hydrogen-bond acceptors (Lipinski definition) is 6. The van der Waals surface area contributed by atoms with E-state index in [4.69, 9.17) is 39.4 Å². The molecule has 0 aliphatic carbocycles. The Morgan fingerprint density at radius 1 is 0.627 bits per heavy atom. The zero-order valence-corrected chi connectivity index (χ0v) is 45.6. The first-order valence-corrected chi connectivity index (χ1v) is 25.2. The second-order valence-corrected chi connectivity index (χ2v) is 15.0. The molecule has 370 valence electrons. The molecule has 1 rings (SSSR count). The van der Waals surface area contributed by atoms with E-state index >= 15 is 0 Å². The number of aliphatic hydroxyl groups excluding tert-OH is 2. The van der Waals surface area contributed by atoms with Crippen molar-refractivity contribution in [3.63, 3.8) is 0 Å². The van der Waals surface area contributed by atoms with Gasteiger partial charge in [-0.05, 0) is 89.9 Å². The van der Waals surface area contributed by atoms with Gasteiger partial charge in [-0.1, -0.05) is 202 Å². The van der Waals surface area contributed by atoms with Crippen LogP contribution in [-0.2, 0) is 4.74 Å². The lowest BCUT2D eigenvalue weighted by Gasteiger charge is -2.37. The van der Waals surface area contributed by atoms with E-state index in [0.717, 1.165) is 76.1 Å². The Hall–Kier alpha value is -0.580. The van der Waals surface area contributed by atoms with Gasteiger partial charge in [-0.3, -0.25) is 4.90 Å². The Labute approximate surface area is 388 Å². The van der Waals surface area contributed by atoms with Crippen LogP contribution in [0.4, 0.5) is 0 Å². The largest absolute Gasteiger partial charge is 0.393 e.